The van der Waals surface area contributed by atoms with E-state index in [1.54, 1.807) is 0 Å². The van der Waals surface area contributed by atoms with Crippen molar-refractivity contribution in [2.24, 2.45) is 0 Å². The number of hydrogen-bond donors (Lipinski definition) is 2. The maximum Gasteiger partial charge on any atom is 0.0582 e. The SMILES string of the molecule is CC(CO)NC(C)Cc1ccc(Br)cc1. The summed E-state index contributed by atoms with van der Waals surface area (Å²) >= 11 is 3.41. The summed E-state index contributed by atoms with van der Waals surface area (Å²) < 4.78 is 1.11. The molecule has 0 fully saturated rings. The predicted molar refractivity (Wildman–Crippen MR) is 67.0 cm³/mol. The van der Waals surface area contributed by atoms with Crippen LogP contribution < -0.4 is 5.32 Å². The Balaban J connectivity index is 2.44. The average Bonchev–Trinajstić information content (AvgIpc) is 2.21. The average molecular weight is 272 g/mol. The van der Waals surface area contributed by atoms with Gasteiger partial charge in [0.1, 0.15) is 0 Å². The van der Waals surface area contributed by atoms with E-state index in [9.17, 15) is 0 Å². The van der Waals surface area contributed by atoms with Gasteiger partial charge < -0.3 is 10.4 Å². The van der Waals surface area contributed by atoms with Crippen LogP contribution >= 0.6 is 15.9 Å². The number of rotatable bonds is 5. The van der Waals surface area contributed by atoms with Gasteiger partial charge in [-0.2, -0.15) is 0 Å². The van der Waals surface area contributed by atoms with Crippen LogP contribution in [0.5, 0.6) is 0 Å². The molecule has 0 spiro atoms. The lowest BCUT2D eigenvalue weighted by molar-refractivity contribution is 0.242. The summed E-state index contributed by atoms with van der Waals surface area (Å²) in [5, 5.41) is 12.2. The fourth-order valence-electron chi connectivity index (χ4n) is 1.57. The largest absolute Gasteiger partial charge is 0.395 e. The van der Waals surface area contributed by atoms with E-state index in [1.165, 1.54) is 5.56 Å². The van der Waals surface area contributed by atoms with Crippen LogP contribution in [0.15, 0.2) is 28.7 Å². The molecule has 0 heterocycles. The molecule has 0 aliphatic heterocycles. The zero-order valence-corrected chi connectivity index (χ0v) is 10.8. The molecule has 2 unspecified atom stereocenters. The van der Waals surface area contributed by atoms with Gasteiger partial charge in [0, 0.05) is 16.6 Å². The van der Waals surface area contributed by atoms with E-state index in [0.29, 0.717) is 6.04 Å². The maximum absolute atomic E-state index is 8.92. The Morgan fingerprint density at radius 3 is 2.33 bits per heavy atom. The van der Waals surface area contributed by atoms with Gasteiger partial charge in [-0.05, 0) is 38.0 Å². The summed E-state index contributed by atoms with van der Waals surface area (Å²) in [7, 11) is 0. The normalized spacial score (nSPS) is 14.9. The van der Waals surface area contributed by atoms with Gasteiger partial charge in [0.05, 0.1) is 6.61 Å². The van der Waals surface area contributed by atoms with E-state index in [4.69, 9.17) is 5.11 Å². The first-order valence-corrected chi connectivity index (χ1v) is 6.02. The minimum absolute atomic E-state index is 0.162. The topological polar surface area (TPSA) is 32.3 Å². The molecule has 0 amide bonds. The molecule has 2 atom stereocenters. The van der Waals surface area contributed by atoms with Gasteiger partial charge in [0.2, 0.25) is 0 Å². The third kappa shape index (κ3) is 4.78. The molecule has 2 N–H and O–H groups in total. The molecule has 0 aliphatic rings. The maximum atomic E-state index is 8.92. The van der Waals surface area contributed by atoms with Crippen molar-refractivity contribution in [3.63, 3.8) is 0 Å². The second-order valence-corrected chi connectivity index (χ2v) is 4.90. The van der Waals surface area contributed by atoms with Crippen molar-refractivity contribution in [1.29, 1.82) is 0 Å². The highest BCUT2D eigenvalue weighted by molar-refractivity contribution is 9.10. The van der Waals surface area contributed by atoms with Crippen LogP contribution in [0.3, 0.4) is 0 Å². The summed E-state index contributed by atoms with van der Waals surface area (Å²) in [4.78, 5) is 0. The molecule has 3 heteroatoms. The van der Waals surface area contributed by atoms with E-state index in [2.05, 4.69) is 52.4 Å². The number of hydrogen-bond acceptors (Lipinski definition) is 2. The van der Waals surface area contributed by atoms with Gasteiger partial charge in [-0.1, -0.05) is 28.1 Å². The summed E-state index contributed by atoms with van der Waals surface area (Å²) in [6.07, 6.45) is 0.984. The first-order chi connectivity index (χ1) is 7.11. The van der Waals surface area contributed by atoms with Crippen molar-refractivity contribution in [2.75, 3.05) is 6.61 Å². The highest BCUT2D eigenvalue weighted by Gasteiger charge is 2.06. The van der Waals surface area contributed by atoms with Crippen LogP contribution in [0.25, 0.3) is 0 Å². The van der Waals surface area contributed by atoms with Gasteiger partial charge in [0.15, 0.2) is 0 Å². The minimum atomic E-state index is 0.162. The van der Waals surface area contributed by atoms with Crippen molar-refractivity contribution >= 4 is 15.9 Å². The molecule has 0 radical (unpaired) electrons. The fourth-order valence-corrected chi connectivity index (χ4v) is 1.84. The molecule has 1 aromatic rings. The van der Waals surface area contributed by atoms with Crippen molar-refractivity contribution in [3.05, 3.63) is 34.3 Å². The molecule has 1 rings (SSSR count). The molecule has 15 heavy (non-hydrogen) atoms. The quantitative estimate of drug-likeness (QED) is 0.862. The van der Waals surface area contributed by atoms with Crippen LogP contribution in [-0.4, -0.2) is 23.8 Å². The van der Waals surface area contributed by atoms with Crippen molar-refractivity contribution in [1.82, 2.24) is 5.32 Å². The first-order valence-electron chi connectivity index (χ1n) is 5.23. The van der Waals surface area contributed by atoms with Crippen LogP contribution in [0.1, 0.15) is 19.4 Å². The number of nitrogens with one attached hydrogen (secondary N) is 1. The van der Waals surface area contributed by atoms with Gasteiger partial charge in [-0.15, -0.1) is 0 Å². The summed E-state index contributed by atoms with van der Waals surface area (Å²) in [6.45, 7) is 4.30. The smallest absolute Gasteiger partial charge is 0.0582 e. The molecule has 1 aromatic carbocycles. The van der Waals surface area contributed by atoms with Crippen LogP contribution in [0.4, 0.5) is 0 Å². The molecule has 0 aromatic heterocycles. The van der Waals surface area contributed by atoms with Crippen LogP contribution in [0, 0.1) is 0 Å². The lowest BCUT2D eigenvalue weighted by Gasteiger charge is -2.18. The number of aliphatic hydroxyl groups excluding tert-OH is 1. The highest BCUT2D eigenvalue weighted by atomic mass is 79.9. The second kappa shape index (κ2) is 6.26. The number of halogens is 1. The Morgan fingerprint density at radius 1 is 1.20 bits per heavy atom. The third-order valence-electron chi connectivity index (χ3n) is 2.30. The minimum Gasteiger partial charge on any atom is -0.395 e. The zero-order valence-electron chi connectivity index (χ0n) is 9.20. The van der Waals surface area contributed by atoms with E-state index in [-0.39, 0.29) is 12.6 Å². The summed E-state index contributed by atoms with van der Waals surface area (Å²) in [5.41, 5.74) is 1.31. The lowest BCUT2D eigenvalue weighted by atomic mass is 10.1. The first kappa shape index (κ1) is 12.7. The van der Waals surface area contributed by atoms with E-state index < -0.39 is 0 Å². The second-order valence-electron chi connectivity index (χ2n) is 3.98. The third-order valence-corrected chi connectivity index (χ3v) is 2.83. The van der Waals surface area contributed by atoms with Crippen molar-refractivity contribution in [3.8, 4) is 0 Å². The van der Waals surface area contributed by atoms with Gasteiger partial charge in [-0.25, -0.2) is 0 Å². The molecule has 2 nitrogen and oxygen atoms in total. The molecular weight excluding hydrogens is 254 g/mol. The molecule has 0 bridgehead atoms. The Kier molecular flexibility index (Phi) is 5.29. The Morgan fingerprint density at radius 2 is 1.80 bits per heavy atom. The Bertz CT molecular complexity index is 286. The Labute approximate surface area is 99.8 Å². The summed E-state index contributed by atoms with van der Waals surface area (Å²) in [6, 6.07) is 8.89. The Hall–Kier alpha value is -0.380. The van der Waals surface area contributed by atoms with Crippen molar-refractivity contribution < 1.29 is 5.11 Å². The number of benzene rings is 1. The number of aliphatic hydroxyl groups is 1. The van der Waals surface area contributed by atoms with Crippen LogP contribution in [-0.2, 0) is 6.42 Å². The van der Waals surface area contributed by atoms with E-state index >= 15 is 0 Å². The van der Waals surface area contributed by atoms with E-state index in [1.807, 2.05) is 6.92 Å². The van der Waals surface area contributed by atoms with Gasteiger partial charge >= 0.3 is 0 Å². The predicted octanol–water partition coefficient (Wildman–Crippen LogP) is 2.35. The zero-order chi connectivity index (χ0) is 11.3. The van der Waals surface area contributed by atoms with E-state index in [0.717, 1.165) is 10.9 Å². The molecule has 0 saturated heterocycles. The fraction of sp³-hybridized carbons (Fsp3) is 0.500. The lowest BCUT2D eigenvalue weighted by Crippen LogP contribution is -2.37. The highest BCUT2D eigenvalue weighted by Crippen LogP contribution is 2.11. The summed E-state index contributed by atoms with van der Waals surface area (Å²) in [5.74, 6) is 0. The molecular formula is C12H18BrNO. The van der Waals surface area contributed by atoms with Crippen LogP contribution in [0.2, 0.25) is 0 Å². The standard InChI is InChI=1S/C12H18BrNO/c1-9(14-10(2)8-15)7-11-3-5-12(13)6-4-11/h3-6,9-10,14-15H,7-8H2,1-2H3. The van der Waals surface area contributed by atoms with Crippen molar-refractivity contribution in [2.45, 2.75) is 32.4 Å². The molecule has 0 aliphatic carbocycles. The molecule has 84 valence electrons. The monoisotopic (exact) mass is 271 g/mol. The van der Waals surface area contributed by atoms with Gasteiger partial charge in [0.25, 0.3) is 0 Å². The van der Waals surface area contributed by atoms with Gasteiger partial charge in [-0.3, -0.25) is 0 Å². The molecule has 0 saturated carbocycles.